The molecule has 0 unspecified atom stereocenters. The SMILES string of the molecule is C=CC(=O)Oc1c(OCC)c(O)c(C(=O)O)c2ccccc12. The number of aromatic hydroxyl groups is 1. The van der Waals surface area contributed by atoms with Crippen molar-refractivity contribution < 1.29 is 29.3 Å². The molecule has 0 aromatic heterocycles. The van der Waals surface area contributed by atoms with Gasteiger partial charge in [-0.2, -0.15) is 0 Å². The average molecular weight is 302 g/mol. The van der Waals surface area contributed by atoms with Gasteiger partial charge in [0.15, 0.2) is 11.5 Å². The number of carbonyl (C=O) groups excluding carboxylic acids is 1. The van der Waals surface area contributed by atoms with E-state index in [0.29, 0.717) is 5.39 Å². The molecule has 6 heteroatoms. The van der Waals surface area contributed by atoms with Gasteiger partial charge in [0.1, 0.15) is 5.56 Å². The van der Waals surface area contributed by atoms with Crippen LogP contribution in [-0.4, -0.2) is 28.8 Å². The molecule has 0 saturated heterocycles. The minimum Gasteiger partial charge on any atom is -0.504 e. The first-order valence-corrected chi connectivity index (χ1v) is 6.49. The van der Waals surface area contributed by atoms with E-state index in [1.54, 1.807) is 25.1 Å². The Hall–Kier alpha value is -3.02. The second-order valence-corrected chi connectivity index (χ2v) is 4.29. The molecule has 0 atom stereocenters. The van der Waals surface area contributed by atoms with E-state index in [0.717, 1.165) is 6.08 Å². The van der Waals surface area contributed by atoms with Gasteiger partial charge in [0, 0.05) is 16.8 Å². The number of ether oxygens (including phenoxy) is 2. The zero-order chi connectivity index (χ0) is 16.3. The van der Waals surface area contributed by atoms with Crippen LogP contribution in [0.2, 0.25) is 0 Å². The highest BCUT2D eigenvalue weighted by Crippen LogP contribution is 2.46. The van der Waals surface area contributed by atoms with Crippen molar-refractivity contribution in [3.63, 3.8) is 0 Å². The molecule has 114 valence electrons. The van der Waals surface area contributed by atoms with Crippen LogP contribution >= 0.6 is 0 Å². The number of carboxylic acids is 1. The Balaban J connectivity index is 2.88. The molecule has 0 aliphatic rings. The van der Waals surface area contributed by atoms with E-state index in [9.17, 15) is 19.8 Å². The topological polar surface area (TPSA) is 93.1 Å². The van der Waals surface area contributed by atoms with Crippen LogP contribution in [0.1, 0.15) is 17.3 Å². The summed E-state index contributed by atoms with van der Waals surface area (Å²) in [6.07, 6.45) is 0.965. The fraction of sp³-hybridized carbons (Fsp3) is 0.125. The summed E-state index contributed by atoms with van der Waals surface area (Å²) < 4.78 is 10.4. The lowest BCUT2D eigenvalue weighted by atomic mass is 10.0. The van der Waals surface area contributed by atoms with Crippen LogP contribution in [0.5, 0.6) is 17.2 Å². The second kappa shape index (κ2) is 6.17. The Morgan fingerprint density at radius 3 is 2.41 bits per heavy atom. The number of esters is 1. The molecule has 2 N–H and O–H groups in total. The number of fused-ring (bicyclic) bond motifs is 1. The Bertz CT molecular complexity index is 763. The van der Waals surface area contributed by atoms with Crippen LogP contribution in [-0.2, 0) is 4.79 Å². The number of hydrogen-bond donors (Lipinski definition) is 2. The molecule has 0 fully saturated rings. The van der Waals surface area contributed by atoms with Gasteiger partial charge < -0.3 is 19.7 Å². The largest absolute Gasteiger partial charge is 0.504 e. The first-order valence-electron chi connectivity index (χ1n) is 6.49. The van der Waals surface area contributed by atoms with E-state index >= 15 is 0 Å². The van der Waals surface area contributed by atoms with Gasteiger partial charge in [-0.1, -0.05) is 30.8 Å². The Morgan fingerprint density at radius 1 is 1.23 bits per heavy atom. The number of aromatic carboxylic acids is 1. The zero-order valence-electron chi connectivity index (χ0n) is 11.8. The molecule has 0 aliphatic carbocycles. The summed E-state index contributed by atoms with van der Waals surface area (Å²) in [7, 11) is 0. The first-order chi connectivity index (χ1) is 10.5. The zero-order valence-corrected chi connectivity index (χ0v) is 11.8. The predicted molar refractivity (Wildman–Crippen MR) is 79.6 cm³/mol. The lowest BCUT2D eigenvalue weighted by Gasteiger charge is -2.16. The van der Waals surface area contributed by atoms with E-state index < -0.39 is 17.7 Å². The number of rotatable bonds is 5. The number of hydrogen-bond acceptors (Lipinski definition) is 5. The average Bonchev–Trinajstić information content (AvgIpc) is 2.50. The van der Waals surface area contributed by atoms with Crippen LogP contribution < -0.4 is 9.47 Å². The van der Waals surface area contributed by atoms with Gasteiger partial charge in [-0.15, -0.1) is 0 Å². The molecule has 2 rings (SSSR count). The molecule has 0 amide bonds. The molecule has 6 nitrogen and oxygen atoms in total. The van der Waals surface area contributed by atoms with E-state index in [2.05, 4.69) is 6.58 Å². The molecule has 0 radical (unpaired) electrons. The predicted octanol–water partition coefficient (Wildman–Crippen LogP) is 2.73. The Kier molecular flexibility index (Phi) is 4.31. The Labute approximate surface area is 126 Å². The fourth-order valence-electron chi connectivity index (χ4n) is 2.11. The van der Waals surface area contributed by atoms with Gasteiger partial charge >= 0.3 is 11.9 Å². The first kappa shape index (κ1) is 15.4. The van der Waals surface area contributed by atoms with Crippen LogP contribution in [0.4, 0.5) is 0 Å². The smallest absolute Gasteiger partial charge is 0.340 e. The van der Waals surface area contributed by atoms with Crippen molar-refractivity contribution >= 4 is 22.7 Å². The van der Waals surface area contributed by atoms with Crippen LogP contribution in [0.25, 0.3) is 10.8 Å². The van der Waals surface area contributed by atoms with Gasteiger partial charge in [0.25, 0.3) is 0 Å². The fourth-order valence-corrected chi connectivity index (χ4v) is 2.11. The highest BCUT2D eigenvalue weighted by molar-refractivity contribution is 6.10. The van der Waals surface area contributed by atoms with E-state index in [-0.39, 0.29) is 29.1 Å². The van der Waals surface area contributed by atoms with Gasteiger partial charge in [-0.25, -0.2) is 9.59 Å². The van der Waals surface area contributed by atoms with Crippen molar-refractivity contribution in [1.29, 1.82) is 0 Å². The van der Waals surface area contributed by atoms with Gasteiger partial charge in [-0.3, -0.25) is 0 Å². The molecular weight excluding hydrogens is 288 g/mol. The minimum absolute atomic E-state index is 0.0372. The summed E-state index contributed by atoms with van der Waals surface area (Å²) in [5, 5.41) is 20.2. The molecular formula is C16H14O6. The van der Waals surface area contributed by atoms with Crippen molar-refractivity contribution in [2.75, 3.05) is 6.61 Å². The van der Waals surface area contributed by atoms with Crippen molar-refractivity contribution in [3.05, 3.63) is 42.5 Å². The highest BCUT2D eigenvalue weighted by atomic mass is 16.6. The summed E-state index contributed by atoms with van der Waals surface area (Å²) in [5.41, 5.74) is -0.308. The second-order valence-electron chi connectivity index (χ2n) is 4.29. The summed E-state index contributed by atoms with van der Waals surface area (Å²) in [4.78, 5) is 23.0. The Morgan fingerprint density at radius 2 is 1.86 bits per heavy atom. The summed E-state index contributed by atoms with van der Waals surface area (Å²) in [6, 6.07) is 6.37. The molecule has 0 aliphatic heterocycles. The van der Waals surface area contributed by atoms with Crippen LogP contribution in [0, 0.1) is 0 Å². The summed E-state index contributed by atoms with van der Waals surface area (Å²) in [5.74, 6) is -2.86. The van der Waals surface area contributed by atoms with Gasteiger partial charge in [0.2, 0.25) is 5.75 Å². The van der Waals surface area contributed by atoms with Crippen molar-refractivity contribution in [2.24, 2.45) is 0 Å². The molecule has 0 saturated carbocycles. The van der Waals surface area contributed by atoms with Gasteiger partial charge in [-0.05, 0) is 6.92 Å². The third-order valence-corrected chi connectivity index (χ3v) is 2.97. The van der Waals surface area contributed by atoms with E-state index in [1.165, 1.54) is 6.07 Å². The molecule has 0 spiro atoms. The minimum atomic E-state index is -1.31. The maximum atomic E-state index is 11.5. The van der Waals surface area contributed by atoms with E-state index in [4.69, 9.17) is 9.47 Å². The molecule has 22 heavy (non-hydrogen) atoms. The van der Waals surface area contributed by atoms with Crippen molar-refractivity contribution in [3.8, 4) is 17.2 Å². The number of carboxylic acid groups (broad SMARTS) is 1. The number of phenols is 1. The lowest BCUT2D eigenvalue weighted by Crippen LogP contribution is -2.08. The monoisotopic (exact) mass is 302 g/mol. The number of benzene rings is 2. The van der Waals surface area contributed by atoms with Crippen molar-refractivity contribution in [1.82, 2.24) is 0 Å². The van der Waals surface area contributed by atoms with Crippen LogP contribution in [0.15, 0.2) is 36.9 Å². The standard InChI is InChI=1S/C16H14O6/c1-3-11(17)22-14-10-8-6-5-7-9(10)12(16(19)20)13(18)15(14)21-4-2/h3,5-8,18H,1,4H2,2H3,(H,19,20). The van der Waals surface area contributed by atoms with Crippen molar-refractivity contribution in [2.45, 2.75) is 6.92 Å². The molecule has 2 aromatic carbocycles. The molecule has 0 bridgehead atoms. The number of carbonyl (C=O) groups is 2. The van der Waals surface area contributed by atoms with Gasteiger partial charge in [0.05, 0.1) is 6.61 Å². The molecule has 2 aromatic rings. The summed E-state index contributed by atoms with van der Waals surface area (Å²) >= 11 is 0. The maximum absolute atomic E-state index is 11.5. The normalized spacial score (nSPS) is 10.2. The third-order valence-electron chi connectivity index (χ3n) is 2.97. The third kappa shape index (κ3) is 2.58. The van der Waals surface area contributed by atoms with E-state index in [1.807, 2.05) is 0 Å². The lowest BCUT2D eigenvalue weighted by molar-refractivity contribution is -0.129. The maximum Gasteiger partial charge on any atom is 0.340 e. The van der Waals surface area contributed by atoms with Crippen LogP contribution in [0.3, 0.4) is 0 Å². The quantitative estimate of drug-likeness (QED) is 0.501. The summed E-state index contributed by atoms with van der Waals surface area (Å²) in [6.45, 7) is 5.13. The molecule has 0 heterocycles. The highest BCUT2D eigenvalue weighted by Gasteiger charge is 2.26.